The lowest BCUT2D eigenvalue weighted by Gasteiger charge is -2.33. The van der Waals surface area contributed by atoms with E-state index in [0.717, 1.165) is 37.1 Å². The van der Waals surface area contributed by atoms with Crippen molar-refractivity contribution in [1.82, 2.24) is 14.9 Å². The molecule has 34 heavy (non-hydrogen) atoms. The molecule has 8 heteroatoms. The smallest absolute Gasteiger partial charge is 0.342 e. The van der Waals surface area contributed by atoms with Crippen molar-refractivity contribution >= 4 is 17.7 Å². The molecule has 2 heterocycles. The number of rotatable bonds is 6. The number of carbonyl (C=O) groups is 1. The third kappa shape index (κ3) is 6.17. The highest BCUT2D eigenvalue weighted by Gasteiger charge is 2.34. The first-order valence-corrected chi connectivity index (χ1v) is 12.2. The van der Waals surface area contributed by atoms with E-state index in [4.69, 9.17) is 0 Å². The number of thioether (sulfide) groups is 1. The molecule has 4 nitrogen and oxygen atoms in total. The highest BCUT2D eigenvalue weighted by atomic mass is 32.2. The summed E-state index contributed by atoms with van der Waals surface area (Å²) in [5, 5.41) is -0.633. The van der Waals surface area contributed by atoms with Crippen molar-refractivity contribution in [1.29, 1.82) is 0 Å². The topological polar surface area (TPSA) is 46.1 Å². The van der Waals surface area contributed by atoms with E-state index >= 15 is 0 Å². The Morgan fingerprint density at radius 2 is 1.65 bits per heavy atom. The molecule has 0 N–H and O–H groups in total. The molecule has 0 unspecified atom stereocenters. The molecule has 4 rings (SSSR count). The second-order valence-corrected chi connectivity index (χ2v) is 9.81. The summed E-state index contributed by atoms with van der Waals surface area (Å²) in [6.45, 7) is 3.01. The second kappa shape index (κ2) is 10.6. The summed E-state index contributed by atoms with van der Waals surface area (Å²) in [7, 11) is 0. The summed E-state index contributed by atoms with van der Waals surface area (Å²) in [6, 6.07) is 19.9. The van der Waals surface area contributed by atoms with Gasteiger partial charge in [0.25, 0.3) is 0 Å². The zero-order chi connectivity index (χ0) is 24.1. The Morgan fingerprint density at radius 1 is 1.03 bits per heavy atom. The van der Waals surface area contributed by atoms with E-state index in [1.165, 1.54) is 5.56 Å². The lowest BCUT2D eigenvalue weighted by atomic mass is 9.90. The van der Waals surface area contributed by atoms with Crippen molar-refractivity contribution in [2.45, 2.75) is 42.8 Å². The van der Waals surface area contributed by atoms with Crippen molar-refractivity contribution in [3.63, 3.8) is 0 Å². The fourth-order valence-corrected chi connectivity index (χ4v) is 5.02. The van der Waals surface area contributed by atoms with Crippen LogP contribution in [-0.4, -0.2) is 39.1 Å². The third-order valence-corrected chi connectivity index (χ3v) is 6.94. The van der Waals surface area contributed by atoms with Crippen LogP contribution >= 0.6 is 11.8 Å². The van der Waals surface area contributed by atoms with Gasteiger partial charge in [0.15, 0.2) is 5.16 Å². The molecule has 3 aromatic rings. The van der Waals surface area contributed by atoms with Gasteiger partial charge in [-0.15, -0.1) is 0 Å². The summed E-state index contributed by atoms with van der Waals surface area (Å²) < 4.78 is 40.4. The minimum Gasteiger partial charge on any atom is -0.342 e. The maximum absolute atomic E-state index is 13.5. The summed E-state index contributed by atoms with van der Waals surface area (Å²) in [6.07, 6.45) is -1.78. The summed E-state index contributed by atoms with van der Waals surface area (Å²) in [5.41, 5.74) is 1.04. The van der Waals surface area contributed by atoms with Gasteiger partial charge in [0.2, 0.25) is 5.91 Å². The highest BCUT2D eigenvalue weighted by Crippen LogP contribution is 2.33. The number of likely N-dealkylation sites (tertiary alicyclic amines) is 1. The molecule has 2 aromatic carbocycles. The van der Waals surface area contributed by atoms with E-state index in [2.05, 4.69) is 22.1 Å². The molecule has 1 aromatic heterocycles. The average molecular weight is 486 g/mol. The Bertz CT molecular complexity index is 1100. The number of aromatic nitrogens is 2. The molecule has 0 bridgehead atoms. The van der Waals surface area contributed by atoms with Gasteiger partial charge in [-0.05, 0) is 43.7 Å². The predicted octanol–water partition coefficient (Wildman–Crippen LogP) is 6.12. The summed E-state index contributed by atoms with van der Waals surface area (Å²) in [5.74, 6) is 0.431. The maximum atomic E-state index is 13.5. The number of piperidine rings is 1. The molecule has 1 aliphatic heterocycles. The Labute approximate surface area is 201 Å². The van der Waals surface area contributed by atoms with Crippen LogP contribution in [0.15, 0.2) is 71.9 Å². The van der Waals surface area contributed by atoms with Crippen molar-refractivity contribution < 1.29 is 18.0 Å². The van der Waals surface area contributed by atoms with Gasteiger partial charge in [0.1, 0.15) is 5.69 Å². The Hall–Kier alpha value is -2.87. The lowest BCUT2D eigenvalue weighted by Crippen LogP contribution is -2.42. The van der Waals surface area contributed by atoms with Crippen LogP contribution in [0.5, 0.6) is 0 Å². The van der Waals surface area contributed by atoms with Crippen LogP contribution in [0.25, 0.3) is 11.3 Å². The molecule has 0 spiro atoms. The molecule has 1 saturated heterocycles. The Morgan fingerprint density at radius 3 is 2.26 bits per heavy atom. The molecule has 1 atom stereocenters. The van der Waals surface area contributed by atoms with E-state index in [9.17, 15) is 18.0 Å². The van der Waals surface area contributed by atoms with Crippen LogP contribution in [0, 0.1) is 5.92 Å². The first-order chi connectivity index (χ1) is 16.3. The Balaban J connectivity index is 1.42. The molecule has 1 aliphatic rings. The fourth-order valence-electron chi connectivity index (χ4n) is 4.15. The molecule has 0 saturated carbocycles. The number of alkyl halides is 3. The number of amides is 1. The van der Waals surface area contributed by atoms with Crippen LogP contribution in [-0.2, 0) is 17.4 Å². The molecule has 1 amide bonds. The zero-order valence-electron chi connectivity index (χ0n) is 18.8. The number of benzene rings is 2. The predicted molar refractivity (Wildman–Crippen MR) is 127 cm³/mol. The number of carbonyl (C=O) groups excluding carboxylic acids is 1. The van der Waals surface area contributed by atoms with E-state index in [0.29, 0.717) is 24.6 Å². The van der Waals surface area contributed by atoms with E-state index < -0.39 is 17.1 Å². The molecular formula is C26H26F3N3OS. The van der Waals surface area contributed by atoms with Crippen LogP contribution in [0.2, 0.25) is 0 Å². The number of hydrogen-bond acceptors (Lipinski definition) is 4. The molecule has 0 aliphatic carbocycles. The van der Waals surface area contributed by atoms with Gasteiger partial charge in [-0.1, -0.05) is 72.4 Å². The van der Waals surface area contributed by atoms with Crippen LogP contribution in [0.3, 0.4) is 0 Å². The summed E-state index contributed by atoms with van der Waals surface area (Å²) in [4.78, 5) is 22.9. The minimum absolute atomic E-state index is 0.0477. The van der Waals surface area contributed by atoms with Crippen LogP contribution in [0.4, 0.5) is 13.2 Å². The van der Waals surface area contributed by atoms with Gasteiger partial charge in [0.05, 0.1) is 10.9 Å². The number of halogens is 3. The molecule has 0 radical (unpaired) electrons. The largest absolute Gasteiger partial charge is 0.433 e. The van der Waals surface area contributed by atoms with Crippen molar-refractivity contribution in [3.05, 3.63) is 78.0 Å². The lowest BCUT2D eigenvalue weighted by molar-refractivity contribution is -0.141. The highest BCUT2D eigenvalue weighted by molar-refractivity contribution is 8.00. The number of hydrogen-bond donors (Lipinski definition) is 0. The molecule has 1 fully saturated rings. The van der Waals surface area contributed by atoms with Crippen molar-refractivity contribution in [2.24, 2.45) is 5.92 Å². The number of nitrogens with zero attached hydrogens (tertiary/aromatic N) is 3. The molecule has 178 valence electrons. The van der Waals surface area contributed by atoms with Crippen molar-refractivity contribution in [3.8, 4) is 11.3 Å². The minimum atomic E-state index is -4.60. The average Bonchev–Trinajstić information content (AvgIpc) is 2.84. The SMILES string of the molecule is C[C@@H](Sc1nc(-c2ccccc2)cc(C(F)(F)F)n1)C(=O)N1CCC(Cc2ccccc2)CC1. The van der Waals surface area contributed by atoms with E-state index in [-0.39, 0.29) is 16.8 Å². The van der Waals surface area contributed by atoms with Crippen LogP contribution in [0.1, 0.15) is 31.0 Å². The van der Waals surface area contributed by atoms with Crippen molar-refractivity contribution in [2.75, 3.05) is 13.1 Å². The zero-order valence-corrected chi connectivity index (χ0v) is 19.6. The monoisotopic (exact) mass is 485 g/mol. The fraction of sp³-hybridized carbons (Fsp3) is 0.346. The first-order valence-electron chi connectivity index (χ1n) is 11.3. The normalized spacial score (nSPS) is 15.8. The van der Waals surface area contributed by atoms with Gasteiger partial charge >= 0.3 is 6.18 Å². The first kappa shape index (κ1) is 24.3. The van der Waals surface area contributed by atoms with Crippen LogP contribution < -0.4 is 0 Å². The van der Waals surface area contributed by atoms with Gasteiger partial charge < -0.3 is 4.90 Å². The van der Waals surface area contributed by atoms with E-state index in [1.54, 1.807) is 37.3 Å². The standard InChI is InChI=1S/C26H26F3N3OS/c1-18(24(33)32-14-12-20(13-15-32)16-19-8-4-2-5-9-19)34-25-30-22(21-10-6-3-7-11-21)17-23(31-25)26(27,28)29/h2-11,17-18,20H,12-16H2,1H3/t18-/m1/s1. The second-order valence-electron chi connectivity index (χ2n) is 8.50. The van der Waals surface area contributed by atoms with Gasteiger partial charge in [0, 0.05) is 18.7 Å². The molecular weight excluding hydrogens is 459 g/mol. The Kier molecular flexibility index (Phi) is 7.56. The van der Waals surface area contributed by atoms with Gasteiger partial charge in [-0.2, -0.15) is 13.2 Å². The summed E-state index contributed by atoms with van der Waals surface area (Å²) >= 11 is 0.974. The van der Waals surface area contributed by atoms with E-state index in [1.807, 2.05) is 23.1 Å². The third-order valence-electron chi connectivity index (χ3n) is 5.99. The van der Waals surface area contributed by atoms with Gasteiger partial charge in [-0.25, -0.2) is 9.97 Å². The van der Waals surface area contributed by atoms with Gasteiger partial charge in [-0.3, -0.25) is 4.79 Å². The quantitative estimate of drug-likeness (QED) is 0.312. The maximum Gasteiger partial charge on any atom is 0.433 e.